The van der Waals surface area contributed by atoms with Crippen LogP contribution in [0.3, 0.4) is 0 Å². The van der Waals surface area contributed by atoms with E-state index in [-0.39, 0.29) is 0 Å². The summed E-state index contributed by atoms with van der Waals surface area (Å²) < 4.78 is 0. The summed E-state index contributed by atoms with van der Waals surface area (Å²) in [5.41, 5.74) is 0. The molecule has 0 radical (unpaired) electrons. The molecule has 0 aromatic carbocycles. The molecule has 1 aromatic heterocycles. The van der Waals surface area contributed by atoms with Gasteiger partial charge in [-0.2, -0.15) is 0 Å². The van der Waals surface area contributed by atoms with Gasteiger partial charge >= 0.3 is 0 Å². The smallest absolute Gasteiger partial charge is 0.126 e. The number of nitrogens with one attached hydrogen (secondary N) is 2. The van der Waals surface area contributed by atoms with E-state index < -0.39 is 0 Å². The molecular weight excluding hydrogens is 162 g/mol. The highest BCUT2D eigenvalue weighted by Crippen LogP contribution is 2.43. The van der Waals surface area contributed by atoms with Gasteiger partial charge in [-0.25, -0.2) is 4.98 Å². The molecule has 1 saturated carbocycles. The number of piperidine rings is 1. The van der Waals surface area contributed by atoms with Crippen molar-refractivity contribution in [2.75, 3.05) is 18.4 Å². The van der Waals surface area contributed by atoms with Crippen LogP contribution < -0.4 is 10.6 Å². The van der Waals surface area contributed by atoms with Gasteiger partial charge in [-0.15, -0.1) is 0 Å². The normalized spacial score (nSPS) is 35.5. The van der Waals surface area contributed by atoms with Crippen LogP contribution in [-0.2, 0) is 0 Å². The Balaban J connectivity index is 1.66. The van der Waals surface area contributed by atoms with Gasteiger partial charge in [0.05, 0.1) is 0 Å². The predicted octanol–water partition coefficient (Wildman–Crippen LogP) is 0.711. The number of anilines is 1. The molecule has 2 aliphatic rings. The van der Waals surface area contributed by atoms with E-state index in [0.29, 0.717) is 6.04 Å². The largest absolute Gasteiger partial charge is 0.367 e. The fraction of sp³-hybridized carbons (Fsp3) is 0.500. The van der Waals surface area contributed by atoms with Crippen LogP contribution in [0.5, 0.6) is 0 Å². The van der Waals surface area contributed by atoms with E-state index in [0.717, 1.165) is 17.7 Å². The fourth-order valence-electron chi connectivity index (χ4n) is 2.25. The van der Waals surface area contributed by atoms with Crippen LogP contribution in [0.2, 0.25) is 0 Å². The second-order valence-corrected chi connectivity index (χ2v) is 3.87. The lowest BCUT2D eigenvalue weighted by Crippen LogP contribution is -2.21. The Morgan fingerprint density at radius 3 is 2.85 bits per heavy atom. The van der Waals surface area contributed by atoms with Gasteiger partial charge in [0, 0.05) is 25.3 Å². The Bertz CT molecular complexity index is 288. The molecule has 0 amide bonds. The van der Waals surface area contributed by atoms with E-state index in [9.17, 15) is 0 Å². The van der Waals surface area contributed by atoms with Crippen LogP contribution in [0.1, 0.15) is 0 Å². The first-order chi connectivity index (χ1) is 6.45. The van der Waals surface area contributed by atoms with Gasteiger partial charge in [-0.05, 0) is 24.0 Å². The standard InChI is InChI=1S/C10H13N3/c1-2-4-12-9(3-1)13-10-7-5-11-6-8(7)10/h1-4,7-8,10-11H,5-6H2,(H,12,13). The van der Waals surface area contributed by atoms with Crippen molar-refractivity contribution < 1.29 is 0 Å². The minimum absolute atomic E-state index is 0.677. The number of hydrogen-bond donors (Lipinski definition) is 2. The zero-order valence-corrected chi connectivity index (χ0v) is 7.40. The van der Waals surface area contributed by atoms with Crippen LogP contribution in [0, 0.1) is 11.8 Å². The average Bonchev–Trinajstić information content (AvgIpc) is 2.65. The quantitative estimate of drug-likeness (QED) is 0.695. The minimum Gasteiger partial charge on any atom is -0.367 e. The molecule has 1 aliphatic carbocycles. The molecule has 68 valence electrons. The molecule has 1 saturated heterocycles. The summed E-state index contributed by atoms with van der Waals surface area (Å²) >= 11 is 0. The average molecular weight is 175 g/mol. The van der Waals surface area contributed by atoms with Crippen molar-refractivity contribution in [2.45, 2.75) is 6.04 Å². The third kappa shape index (κ3) is 1.20. The number of fused-ring (bicyclic) bond motifs is 1. The first kappa shape index (κ1) is 7.33. The second kappa shape index (κ2) is 2.70. The second-order valence-electron chi connectivity index (χ2n) is 3.87. The van der Waals surface area contributed by atoms with Gasteiger partial charge < -0.3 is 10.6 Å². The van der Waals surface area contributed by atoms with Crippen molar-refractivity contribution in [3.8, 4) is 0 Å². The number of hydrogen-bond acceptors (Lipinski definition) is 3. The summed E-state index contributed by atoms with van der Waals surface area (Å²) in [5, 5.41) is 6.84. The maximum absolute atomic E-state index is 4.25. The lowest BCUT2D eigenvalue weighted by molar-refractivity contribution is 0.695. The molecule has 2 unspecified atom stereocenters. The van der Waals surface area contributed by atoms with Crippen molar-refractivity contribution in [3.05, 3.63) is 24.4 Å². The Kier molecular flexibility index (Phi) is 1.52. The molecule has 2 atom stereocenters. The van der Waals surface area contributed by atoms with Crippen LogP contribution in [0.15, 0.2) is 24.4 Å². The lowest BCUT2D eigenvalue weighted by atomic mass is 10.4. The first-order valence-corrected chi connectivity index (χ1v) is 4.83. The molecule has 0 spiro atoms. The Hall–Kier alpha value is -1.09. The summed E-state index contributed by atoms with van der Waals surface area (Å²) in [5.74, 6) is 2.71. The molecular formula is C10H13N3. The summed E-state index contributed by atoms with van der Waals surface area (Å²) in [7, 11) is 0. The highest BCUT2D eigenvalue weighted by Gasteiger charge is 2.52. The topological polar surface area (TPSA) is 37.0 Å². The maximum Gasteiger partial charge on any atom is 0.126 e. The third-order valence-electron chi connectivity index (χ3n) is 3.07. The number of nitrogens with zero attached hydrogens (tertiary/aromatic N) is 1. The van der Waals surface area contributed by atoms with Gasteiger partial charge in [-0.3, -0.25) is 0 Å². The molecule has 2 heterocycles. The van der Waals surface area contributed by atoms with Crippen molar-refractivity contribution in [3.63, 3.8) is 0 Å². The van der Waals surface area contributed by atoms with Gasteiger partial charge in [0.1, 0.15) is 5.82 Å². The summed E-state index contributed by atoms with van der Waals surface area (Å²) in [6.45, 7) is 2.35. The van der Waals surface area contributed by atoms with Crippen molar-refractivity contribution >= 4 is 5.82 Å². The molecule has 3 nitrogen and oxygen atoms in total. The minimum atomic E-state index is 0.677. The first-order valence-electron chi connectivity index (χ1n) is 4.83. The highest BCUT2D eigenvalue weighted by atomic mass is 15.1. The van der Waals surface area contributed by atoms with E-state index in [1.54, 1.807) is 0 Å². The molecule has 13 heavy (non-hydrogen) atoms. The lowest BCUT2D eigenvalue weighted by Gasteiger charge is -2.07. The van der Waals surface area contributed by atoms with Crippen LogP contribution in [0.4, 0.5) is 5.82 Å². The van der Waals surface area contributed by atoms with Gasteiger partial charge in [0.2, 0.25) is 0 Å². The van der Waals surface area contributed by atoms with Crippen LogP contribution >= 0.6 is 0 Å². The zero-order valence-electron chi connectivity index (χ0n) is 7.40. The Morgan fingerprint density at radius 1 is 1.31 bits per heavy atom. The maximum atomic E-state index is 4.25. The van der Waals surface area contributed by atoms with E-state index in [4.69, 9.17) is 0 Å². The van der Waals surface area contributed by atoms with Crippen molar-refractivity contribution in [1.82, 2.24) is 10.3 Å². The molecule has 2 fully saturated rings. The van der Waals surface area contributed by atoms with E-state index in [1.165, 1.54) is 13.1 Å². The van der Waals surface area contributed by atoms with Crippen LogP contribution in [-0.4, -0.2) is 24.1 Å². The van der Waals surface area contributed by atoms with Gasteiger partial charge in [0.25, 0.3) is 0 Å². The fourth-order valence-corrected chi connectivity index (χ4v) is 2.25. The third-order valence-corrected chi connectivity index (χ3v) is 3.07. The molecule has 2 N–H and O–H groups in total. The Labute approximate surface area is 77.6 Å². The molecule has 1 aliphatic heterocycles. The number of rotatable bonds is 2. The summed E-state index contributed by atoms with van der Waals surface area (Å²) in [6, 6.07) is 6.67. The van der Waals surface area contributed by atoms with Gasteiger partial charge in [0.15, 0.2) is 0 Å². The highest BCUT2D eigenvalue weighted by molar-refractivity contribution is 5.38. The van der Waals surface area contributed by atoms with E-state index >= 15 is 0 Å². The predicted molar refractivity (Wildman–Crippen MR) is 51.5 cm³/mol. The molecule has 3 rings (SSSR count). The summed E-state index contributed by atoms with van der Waals surface area (Å²) in [4.78, 5) is 4.25. The molecule has 0 bridgehead atoms. The molecule has 3 heteroatoms. The van der Waals surface area contributed by atoms with Crippen molar-refractivity contribution in [2.24, 2.45) is 11.8 Å². The van der Waals surface area contributed by atoms with E-state index in [1.807, 2.05) is 24.4 Å². The molecule has 1 aromatic rings. The number of aromatic nitrogens is 1. The zero-order chi connectivity index (χ0) is 8.67. The summed E-state index contributed by atoms with van der Waals surface area (Å²) in [6.07, 6.45) is 1.83. The van der Waals surface area contributed by atoms with E-state index in [2.05, 4.69) is 15.6 Å². The van der Waals surface area contributed by atoms with Gasteiger partial charge in [-0.1, -0.05) is 6.07 Å². The van der Waals surface area contributed by atoms with Crippen molar-refractivity contribution in [1.29, 1.82) is 0 Å². The van der Waals surface area contributed by atoms with Crippen LogP contribution in [0.25, 0.3) is 0 Å². The SMILES string of the molecule is c1ccc(NC2C3CNCC32)nc1. The Morgan fingerprint density at radius 2 is 2.15 bits per heavy atom. The number of pyridine rings is 1. The monoisotopic (exact) mass is 175 g/mol.